The summed E-state index contributed by atoms with van der Waals surface area (Å²) in [5.74, 6) is 0.278. The van der Waals surface area contributed by atoms with E-state index in [9.17, 15) is 8.42 Å². The summed E-state index contributed by atoms with van der Waals surface area (Å²) in [5.41, 5.74) is 1.88. The van der Waals surface area contributed by atoms with Crippen LogP contribution in [0.15, 0.2) is 66.5 Å². The van der Waals surface area contributed by atoms with Gasteiger partial charge in [0.05, 0.1) is 5.41 Å². The van der Waals surface area contributed by atoms with E-state index in [1.54, 1.807) is 53.6 Å². The number of hydrogen-bond acceptors (Lipinski definition) is 4. The Morgan fingerprint density at radius 2 is 1.81 bits per heavy atom. The quantitative estimate of drug-likeness (QED) is 0.671. The topological polar surface area (TPSA) is 76.9 Å². The summed E-state index contributed by atoms with van der Waals surface area (Å²) in [6, 6.07) is 12.4. The van der Waals surface area contributed by atoms with E-state index < -0.39 is 10.0 Å². The summed E-state index contributed by atoms with van der Waals surface area (Å²) in [7, 11) is -3.64. The molecule has 2 heterocycles. The Kier molecular flexibility index (Phi) is 5.70. The largest absolute Gasteiger partial charge is 0.270 e. The number of rotatable bonds is 7. The third-order valence-corrected chi connectivity index (χ3v) is 4.82. The highest BCUT2D eigenvalue weighted by atomic mass is 35.5. The molecule has 0 spiro atoms. The van der Waals surface area contributed by atoms with Crippen LogP contribution >= 0.6 is 11.6 Å². The Bertz CT molecular complexity index is 984. The number of nitrogens with one attached hydrogen (secondary N) is 1. The van der Waals surface area contributed by atoms with E-state index in [2.05, 4.69) is 14.8 Å². The first-order chi connectivity index (χ1) is 12.5. The first-order valence-corrected chi connectivity index (χ1v) is 9.81. The number of benzene rings is 1. The second kappa shape index (κ2) is 8.16. The van der Waals surface area contributed by atoms with Crippen molar-refractivity contribution in [2.45, 2.75) is 13.0 Å². The molecule has 2 aromatic heterocycles. The molecule has 0 saturated heterocycles. The number of pyridine rings is 1. The van der Waals surface area contributed by atoms with E-state index in [4.69, 9.17) is 11.6 Å². The highest BCUT2D eigenvalue weighted by Crippen LogP contribution is 2.12. The van der Waals surface area contributed by atoms with Gasteiger partial charge in [-0.2, -0.15) is 5.10 Å². The van der Waals surface area contributed by atoms with Gasteiger partial charge in [-0.25, -0.2) is 8.42 Å². The fourth-order valence-corrected chi connectivity index (χ4v) is 3.19. The van der Waals surface area contributed by atoms with E-state index in [1.165, 1.54) is 6.08 Å². The monoisotopic (exact) mass is 388 g/mol. The molecule has 0 bridgehead atoms. The first kappa shape index (κ1) is 18.2. The maximum absolute atomic E-state index is 12.1. The number of nitrogens with zero attached hydrogens (tertiary/aromatic N) is 3. The minimum absolute atomic E-state index is 0.278. The minimum atomic E-state index is -3.64. The van der Waals surface area contributed by atoms with E-state index in [1.807, 2.05) is 12.1 Å². The number of hydrogen-bond donors (Lipinski definition) is 1. The average molecular weight is 389 g/mol. The number of sulfonamides is 1. The summed E-state index contributed by atoms with van der Waals surface area (Å²) in [5, 5.41) is 5.94. The third kappa shape index (κ3) is 5.44. The van der Waals surface area contributed by atoms with Gasteiger partial charge in [0.25, 0.3) is 10.0 Å². The SMILES string of the molecule is O=S(=O)(/C=C/c1ccc(Cl)cc1)Nc1ccn(CCc2ccncc2)n1. The Morgan fingerprint density at radius 1 is 1.08 bits per heavy atom. The smallest absolute Gasteiger partial charge is 0.256 e. The third-order valence-electron chi connectivity index (χ3n) is 3.58. The van der Waals surface area contributed by atoms with Crippen molar-refractivity contribution in [1.29, 1.82) is 0 Å². The van der Waals surface area contributed by atoms with E-state index in [0.717, 1.165) is 23.0 Å². The predicted octanol–water partition coefficient (Wildman–Crippen LogP) is 3.59. The van der Waals surface area contributed by atoms with Crippen LogP contribution in [0.3, 0.4) is 0 Å². The molecular weight excluding hydrogens is 372 g/mol. The van der Waals surface area contributed by atoms with Crippen LogP contribution in [0.2, 0.25) is 5.02 Å². The lowest BCUT2D eigenvalue weighted by molar-refractivity contribution is 0.606. The van der Waals surface area contributed by atoms with Crippen LogP contribution in [0, 0.1) is 0 Å². The molecule has 1 aromatic carbocycles. The zero-order chi connectivity index (χ0) is 18.4. The van der Waals surface area contributed by atoms with Crippen molar-refractivity contribution in [2.75, 3.05) is 4.72 Å². The van der Waals surface area contributed by atoms with E-state index in [0.29, 0.717) is 11.6 Å². The number of aryl methyl sites for hydroxylation is 2. The second-order valence-corrected chi connectivity index (χ2v) is 7.57. The fraction of sp³-hybridized carbons (Fsp3) is 0.111. The van der Waals surface area contributed by atoms with Gasteiger partial charge >= 0.3 is 0 Å². The van der Waals surface area contributed by atoms with Crippen LogP contribution in [0.4, 0.5) is 5.82 Å². The molecule has 8 heteroatoms. The van der Waals surface area contributed by atoms with Gasteiger partial charge in [-0.05, 0) is 47.9 Å². The van der Waals surface area contributed by atoms with Crippen molar-refractivity contribution in [2.24, 2.45) is 0 Å². The molecule has 0 aliphatic rings. The molecule has 0 aliphatic heterocycles. The van der Waals surface area contributed by atoms with Gasteiger partial charge < -0.3 is 0 Å². The van der Waals surface area contributed by atoms with E-state index >= 15 is 0 Å². The van der Waals surface area contributed by atoms with E-state index in [-0.39, 0.29) is 5.82 Å². The van der Waals surface area contributed by atoms with Gasteiger partial charge in [0.2, 0.25) is 0 Å². The Labute approximate surface area is 157 Å². The highest BCUT2D eigenvalue weighted by molar-refractivity contribution is 7.95. The van der Waals surface area contributed by atoms with Gasteiger partial charge in [-0.3, -0.25) is 14.4 Å². The molecule has 0 radical (unpaired) electrons. The van der Waals surface area contributed by atoms with Crippen LogP contribution in [0.5, 0.6) is 0 Å². The van der Waals surface area contributed by atoms with Crippen molar-refractivity contribution in [3.8, 4) is 0 Å². The summed E-state index contributed by atoms with van der Waals surface area (Å²) in [4.78, 5) is 3.98. The van der Waals surface area contributed by atoms with Crippen molar-refractivity contribution in [3.05, 3.63) is 82.6 Å². The van der Waals surface area contributed by atoms with Crippen LogP contribution in [-0.2, 0) is 23.0 Å². The molecule has 0 fully saturated rings. The lowest BCUT2D eigenvalue weighted by Crippen LogP contribution is -2.10. The van der Waals surface area contributed by atoms with Crippen molar-refractivity contribution < 1.29 is 8.42 Å². The molecule has 3 aromatic rings. The Balaban J connectivity index is 1.59. The first-order valence-electron chi connectivity index (χ1n) is 7.89. The van der Waals surface area contributed by atoms with Crippen molar-refractivity contribution in [1.82, 2.24) is 14.8 Å². The second-order valence-electron chi connectivity index (χ2n) is 5.57. The number of anilines is 1. The molecule has 0 amide bonds. The van der Waals surface area contributed by atoms with Gasteiger partial charge in [-0.1, -0.05) is 23.7 Å². The lowest BCUT2D eigenvalue weighted by Gasteiger charge is -2.03. The zero-order valence-electron chi connectivity index (χ0n) is 13.8. The Morgan fingerprint density at radius 3 is 2.54 bits per heavy atom. The molecule has 134 valence electrons. The van der Waals surface area contributed by atoms with Crippen molar-refractivity contribution in [3.63, 3.8) is 0 Å². The molecule has 6 nitrogen and oxygen atoms in total. The predicted molar refractivity (Wildman–Crippen MR) is 103 cm³/mol. The summed E-state index contributed by atoms with van der Waals surface area (Å²) in [6.45, 7) is 0.645. The van der Waals surface area contributed by atoms with Gasteiger partial charge in [0.1, 0.15) is 0 Å². The molecular formula is C18H17ClN4O2S. The number of aromatic nitrogens is 3. The minimum Gasteiger partial charge on any atom is -0.270 e. The molecule has 0 aliphatic carbocycles. The fourth-order valence-electron chi connectivity index (χ4n) is 2.26. The summed E-state index contributed by atoms with van der Waals surface area (Å²) in [6.07, 6.45) is 7.50. The standard InChI is InChI=1S/C18H17ClN4O2S/c19-17-3-1-15(2-4-17)9-14-26(24,25)22-18-8-13-23(21-18)12-7-16-5-10-20-11-6-16/h1-6,8-11,13-14H,7,12H2,(H,21,22)/b14-9+. The Hall–Kier alpha value is -2.64. The van der Waals surface area contributed by atoms with Crippen molar-refractivity contribution >= 4 is 33.5 Å². The van der Waals surface area contributed by atoms with Crippen LogP contribution in [-0.4, -0.2) is 23.2 Å². The summed E-state index contributed by atoms with van der Waals surface area (Å²) >= 11 is 5.81. The lowest BCUT2D eigenvalue weighted by atomic mass is 10.2. The van der Waals surface area contributed by atoms with Crippen LogP contribution in [0.25, 0.3) is 6.08 Å². The maximum Gasteiger partial charge on any atom is 0.256 e. The van der Waals surface area contributed by atoms with Gasteiger partial charge in [0, 0.05) is 36.2 Å². The highest BCUT2D eigenvalue weighted by Gasteiger charge is 2.08. The van der Waals surface area contributed by atoms with Gasteiger partial charge in [-0.15, -0.1) is 0 Å². The zero-order valence-corrected chi connectivity index (χ0v) is 15.4. The van der Waals surface area contributed by atoms with Crippen LogP contribution < -0.4 is 4.72 Å². The molecule has 26 heavy (non-hydrogen) atoms. The number of halogens is 1. The molecule has 0 saturated carbocycles. The molecule has 0 atom stereocenters. The van der Waals surface area contributed by atoms with Crippen LogP contribution in [0.1, 0.15) is 11.1 Å². The van der Waals surface area contributed by atoms with Gasteiger partial charge in [0.15, 0.2) is 5.82 Å². The molecule has 3 rings (SSSR count). The summed E-state index contributed by atoms with van der Waals surface area (Å²) < 4.78 is 28.4. The maximum atomic E-state index is 12.1. The average Bonchev–Trinajstić information content (AvgIpc) is 3.07. The molecule has 1 N–H and O–H groups in total. The molecule has 0 unspecified atom stereocenters. The normalized spacial score (nSPS) is 11.7.